The Bertz CT molecular complexity index is 1290. The Balaban J connectivity index is 1.85. The molecule has 1 aliphatic rings. The van der Waals surface area contributed by atoms with Crippen LogP contribution in [-0.2, 0) is 20.4 Å². The minimum absolute atomic E-state index is 0.0236. The van der Waals surface area contributed by atoms with Gasteiger partial charge < -0.3 is 30.1 Å². The number of ether oxygens (including phenoxy) is 2. The molecule has 1 heterocycles. The van der Waals surface area contributed by atoms with Gasteiger partial charge in [-0.25, -0.2) is 0 Å². The summed E-state index contributed by atoms with van der Waals surface area (Å²) in [6.45, 7) is 8.04. The molecule has 37 heavy (non-hydrogen) atoms. The lowest BCUT2D eigenvalue weighted by Gasteiger charge is -2.31. The average Bonchev–Trinajstić information content (AvgIpc) is 3.18. The summed E-state index contributed by atoms with van der Waals surface area (Å²) in [5, 5.41) is 33.3. The largest absolute Gasteiger partial charge is 0.512 e. The number of phenolic OH excluding ortho intramolecular Hbond substituents is 1. The van der Waals surface area contributed by atoms with Crippen LogP contribution in [0.4, 0.5) is 5.69 Å². The van der Waals surface area contributed by atoms with E-state index < -0.39 is 17.8 Å². The Hall–Kier alpha value is -3.97. The molecule has 7 nitrogen and oxygen atoms in total. The van der Waals surface area contributed by atoms with Crippen molar-refractivity contribution in [1.82, 2.24) is 0 Å². The van der Waals surface area contributed by atoms with E-state index in [1.807, 2.05) is 36.4 Å². The van der Waals surface area contributed by atoms with E-state index in [1.165, 1.54) is 0 Å². The summed E-state index contributed by atoms with van der Waals surface area (Å²) >= 11 is 0. The number of carbonyl (C=O) groups excluding carboxylic acids is 1. The molecule has 0 saturated heterocycles. The fraction of sp³-hybridized carbons (Fsp3) is 0.300. The molecular weight excluding hydrogens is 470 g/mol. The Morgan fingerprint density at radius 3 is 2.38 bits per heavy atom. The van der Waals surface area contributed by atoms with Gasteiger partial charge in [-0.2, -0.15) is 0 Å². The van der Waals surface area contributed by atoms with Crippen LogP contribution in [0.25, 0.3) is 0 Å². The van der Waals surface area contributed by atoms with Crippen molar-refractivity contribution in [3.63, 3.8) is 0 Å². The molecule has 0 spiro atoms. The monoisotopic (exact) mass is 503 g/mol. The SMILES string of the molecule is CCC(O)C(O/C=C\O)Oc1ccc(C2(c3cc(C(C)(C)C)ccc3O)C(=O)Nc3ccccc32)cc1. The quantitative estimate of drug-likeness (QED) is 0.239. The Morgan fingerprint density at radius 1 is 1.03 bits per heavy atom. The van der Waals surface area contributed by atoms with Gasteiger partial charge in [-0.05, 0) is 53.3 Å². The van der Waals surface area contributed by atoms with Crippen LogP contribution in [0.3, 0.4) is 0 Å². The van der Waals surface area contributed by atoms with Crippen LogP contribution in [-0.4, -0.2) is 33.6 Å². The fourth-order valence-corrected chi connectivity index (χ4v) is 4.69. The topological polar surface area (TPSA) is 108 Å². The van der Waals surface area contributed by atoms with Crippen molar-refractivity contribution in [2.24, 2.45) is 0 Å². The second-order valence-electron chi connectivity index (χ2n) is 10.1. The zero-order valence-corrected chi connectivity index (χ0v) is 21.4. The standard InChI is InChI=1S/C30H33NO6/c1-5-25(33)27(36-17-16-32)37-21-13-10-19(11-14-21)30(22-8-6-7-9-24(22)31-28(30)35)23-18-20(29(2,3)4)12-15-26(23)34/h6-18,25,27,32-34H,5H2,1-4H3,(H,31,35)/b17-16-. The third-order valence-electron chi connectivity index (χ3n) is 6.73. The highest BCUT2D eigenvalue weighted by Gasteiger charge is 2.51. The van der Waals surface area contributed by atoms with Gasteiger partial charge in [-0.15, -0.1) is 0 Å². The first-order valence-corrected chi connectivity index (χ1v) is 12.3. The Morgan fingerprint density at radius 2 is 1.73 bits per heavy atom. The third kappa shape index (κ3) is 4.74. The predicted molar refractivity (Wildman–Crippen MR) is 142 cm³/mol. The van der Waals surface area contributed by atoms with Crippen LogP contribution in [0.15, 0.2) is 79.3 Å². The number of aromatic hydroxyl groups is 1. The van der Waals surface area contributed by atoms with Crippen LogP contribution in [0.1, 0.15) is 56.4 Å². The number of fused-ring (bicyclic) bond motifs is 1. The van der Waals surface area contributed by atoms with E-state index in [2.05, 4.69) is 26.1 Å². The number of aliphatic hydroxyl groups is 2. The molecule has 194 valence electrons. The second kappa shape index (κ2) is 10.2. The Labute approximate surface area is 217 Å². The molecule has 7 heteroatoms. The Kier molecular flexibility index (Phi) is 7.18. The molecular formula is C30H33NO6. The van der Waals surface area contributed by atoms with Gasteiger partial charge >= 0.3 is 0 Å². The first-order valence-electron chi connectivity index (χ1n) is 12.3. The van der Waals surface area contributed by atoms with E-state index in [0.29, 0.717) is 29.0 Å². The minimum Gasteiger partial charge on any atom is -0.512 e. The van der Waals surface area contributed by atoms with Crippen molar-refractivity contribution in [2.45, 2.75) is 57.3 Å². The van der Waals surface area contributed by atoms with Gasteiger partial charge in [-0.1, -0.05) is 64.1 Å². The van der Waals surface area contributed by atoms with E-state index >= 15 is 0 Å². The third-order valence-corrected chi connectivity index (χ3v) is 6.73. The molecule has 0 bridgehead atoms. The van der Waals surface area contributed by atoms with Crippen LogP contribution in [0, 0.1) is 0 Å². The van der Waals surface area contributed by atoms with Crippen LogP contribution in [0.5, 0.6) is 11.5 Å². The number of nitrogens with one attached hydrogen (secondary N) is 1. The zero-order chi connectivity index (χ0) is 26.8. The fourth-order valence-electron chi connectivity index (χ4n) is 4.69. The second-order valence-corrected chi connectivity index (χ2v) is 10.1. The molecule has 0 fully saturated rings. The van der Waals surface area contributed by atoms with E-state index in [1.54, 1.807) is 37.3 Å². The summed E-state index contributed by atoms with van der Waals surface area (Å²) in [6, 6.07) is 19.8. The highest BCUT2D eigenvalue weighted by atomic mass is 16.7. The van der Waals surface area contributed by atoms with Crippen molar-refractivity contribution in [2.75, 3.05) is 5.32 Å². The number of hydrogen-bond acceptors (Lipinski definition) is 6. The molecule has 4 N–H and O–H groups in total. The summed E-state index contributed by atoms with van der Waals surface area (Å²) < 4.78 is 11.1. The van der Waals surface area contributed by atoms with Crippen LogP contribution in [0.2, 0.25) is 0 Å². The minimum atomic E-state index is -1.29. The number of aliphatic hydroxyl groups excluding tert-OH is 2. The van der Waals surface area contributed by atoms with E-state index in [9.17, 15) is 15.0 Å². The molecule has 0 aromatic heterocycles. The molecule has 0 radical (unpaired) electrons. The average molecular weight is 504 g/mol. The van der Waals surface area contributed by atoms with Crippen LogP contribution >= 0.6 is 0 Å². The van der Waals surface area contributed by atoms with Gasteiger partial charge in [-0.3, -0.25) is 4.79 Å². The first-order chi connectivity index (χ1) is 17.6. The number of phenols is 1. The van der Waals surface area contributed by atoms with Crippen molar-refractivity contribution in [3.05, 3.63) is 102 Å². The van der Waals surface area contributed by atoms with E-state index in [4.69, 9.17) is 14.6 Å². The van der Waals surface area contributed by atoms with Crippen molar-refractivity contribution >= 4 is 11.6 Å². The maximum absolute atomic E-state index is 13.8. The highest BCUT2D eigenvalue weighted by molar-refractivity contribution is 6.11. The van der Waals surface area contributed by atoms with Gasteiger partial charge in [0.05, 0.1) is 0 Å². The smallest absolute Gasteiger partial charge is 0.266 e. The van der Waals surface area contributed by atoms with E-state index in [-0.39, 0.29) is 17.1 Å². The van der Waals surface area contributed by atoms with E-state index in [0.717, 1.165) is 23.7 Å². The molecule has 3 atom stereocenters. The molecule has 1 aliphatic heterocycles. The molecule has 0 saturated carbocycles. The number of amides is 1. The van der Waals surface area contributed by atoms with Gasteiger partial charge in [0.2, 0.25) is 5.91 Å². The van der Waals surface area contributed by atoms with Crippen molar-refractivity contribution < 1.29 is 29.6 Å². The normalized spacial score (nSPS) is 18.8. The van der Waals surface area contributed by atoms with Gasteiger partial charge in [0, 0.05) is 16.8 Å². The first kappa shape index (κ1) is 26.1. The molecule has 4 rings (SSSR count). The lowest BCUT2D eigenvalue weighted by Crippen LogP contribution is -2.37. The number of anilines is 1. The lowest BCUT2D eigenvalue weighted by molar-refractivity contribution is -0.118. The predicted octanol–water partition coefficient (Wildman–Crippen LogP) is 5.50. The molecule has 3 aromatic carbocycles. The van der Waals surface area contributed by atoms with Crippen LogP contribution < -0.4 is 10.1 Å². The molecule has 3 aromatic rings. The summed E-state index contributed by atoms with van der Waals surface area (Å²) in [6.07, 6.45) is 0.186. The van der Waals surface area contributed by atoms with Crippen molar-refractivity contribution in [3.8, 4) is 11.5 Å². The molecule has 1 amide bonds. The lowest BCUT2D eigenvalue weighted by atomic mass is 9.68. The summed E-state index contributed by atoms with van der Waals surface area (Å²) in [7, 11) is 0. The summed E-state index contributed by atoms with van der Waals surface area (Å²) in [4.78, 5) is 13.8. The number of hydrogen-bond donors (Lipinski definition) is 4. The number of para-hydroxylation sites is 1. The number of benzene rings is 3. The highest BCUT2D eigenvalue weighted by Crippen LogP contribution is 2.51. The zero-order valence-electron chi connectivity index (χ0n) is 21.4. The van der Waals surface area contributed by atoms with Crippen molar-refractivity contribution in [1.29, 1.82) is 0 Å². The maximum atomic E-state index is 13.8. The summed E-state index contributed by atoms with van der Waals surface area (Å²) in [5.74, 6) is 0.164. The molecule has 3 unspecified atom stereocenters. The maximum Gasteiger partial charge on any atom is 0.266 e. The number of carbonyl (C=O) groups is 1. The molecule has 0 aliphatic carbocycles. The van der Waals surface area contributed by atoms with Gasteiger partial charge in [0.15, 0.2) is 0 Å². The number of rotatable bonds is 8. The van der Waals surface area contributed by atoms with Gasteiger partial charge in [0.1, 0.15) is 35.5 Å². The van der Waals surface area contributed by atoms with Gasteiger partial charge in [0.25, 0.3) is 6.29 Å². The summed E-state index contributed by atoms with van der Waals surface area (Å²) in [5.41, 5.74) is 2.06.